The molecule has 1 aliphatic carbocycles. The number of rotatable bonds is 5. The van der Waals surface area contributed by atoms with Crippen molar-refractivity contribution in [3.8, 4) is 0 Å². The molecule has 100 valence electrons. The molecule has 0 aromatic heterocycles. The maximum absolute atomic E-state index is 13.0. The Kier molecular flexibility index (Phi) is 3.92. The fourth-order valence-electron chi connectivity index (χ4n) is 2.17. The Balaban J connectivity index is 1.90. The zero-order valence-electron chi connectivity index (χ0n) is 10.2. The van der Waals surface area contributed by atoms with Crippen LogP contribution in [-0.2, 0) is 11.3 Å². The number of methoxy groups -OCH3 is 1. The second-order valence-corrected chi connectivity index (χ2v) is 4.72. The Labute approximate surface area is 104 Å². The Morgan fingerprint density at radius 3 is 2.28 bits per heavy atom. The molecule has 0 radical (unpaired) electrons. The van der Waals surface area contributed by atoms with Gasteiger partial charge in [0.25, 0.3) is 0 Å². The smallest absolute Gasteiger partial charge is 0.194 e. The number of nitrogens with one attached hydrogen (secondary N) is 1. The van der Waals surface area contributed by atoms with Gasteiger partial charge in [-0.1, -0.05) is 0 Å². The zero-order chi connectivity index (χ0) is 13.2. The van der Waals surface area contributed by atoms with E-state index in [4.69, 9.17) is 4.74 Å². The summed E-state index contributed by atoms with van der Waals surface area (Å²) in [5.74, 6) is -3.74. The van der Waals surface area contributed by atoms with Gasteiger partial charge in [0, 0.05) is 20.2 Å². The van der Waals surface area contributed by atoms with Crippen LogP contribution in [0.2, 0.25) is 0 Å². The van der Waals surface area contributed by atoms with E-state index in [9.17, 15) is 13.2 Å². The first kappa shape index (κ1) is 13.4. The van der Waals surface area contributed by atoms with Crippen LogP contribution in [0.3, 0.4) is 0 Å². The summed E-state index contributed by atoms with van der Waals surface area (Å²) in [6.07, 6.45) is 3.11. The predicted octanol–water partition coefficient (Wildman–Crippen LogP) is 2.76. The molecule has 18 heavy (non-hydrogen) atoms. The van der Waals surface area contributed by atoms with Crippen molar-refractivity contribution in [1.82, 2.24) is 5.32 Å². The van der Waals surface area contributed by atoms with Crippen LogP contribution in [0.4, 0.5) is 13.2 Å². The molecule has 0 saturated heterocycles. The Hall–Kier alpha value is -1.07. The van der Waals surface area contributed by atoms with Gasteiger partial charge >= 0.3 is 0 Å². The van der Waals surface area contributed by atoms with E-state index in [0.717, 1.165) is 31.4 Å². The zero-order valence-corrected chi connectivity index (χ0v) is 10.2. The fourth-order valence-corrected chi connectivity index (χ4v) is 2.17. The van der Waals surface area contributed by atoms with Gasteiger partial charge in [-0.3, -0.25) is 0 Å². The minimum absolute atomic E-state index is 0.142. The molecule has 0 spiro atoms. The minimum atomic E-state index is -1.42. The standard InChI is InChI=1S/C13H16F3NO/c1-18-13(3-2-4-13)8-17-7-9-5-10(14)12(16)11(15)6-9/h5-6,17H,2-4,7-8H2,1H3. The van der Waals surface area contributed by atoms with Gasteiger partial charge in [-0.25, -0.2) is 13.2 Å². The number of ether oxygens (including phenoxy) is 1. The summed E-state index contributed by atoms with van der Waals surface area (Å²) in [6.45, 7) is 0.920. The van der Waals surface area contributed by atoms with Crippen LogP contribution in [0.1, 0.15) is 24.8 Å². The molecule has 1 saturated carbocycles. The topological polar surface area (TPSA) is 21.3 Å². The highest BCUT2D eigenvalue weighted by Crippen LogP contribution is 2.34. The molecule has 5 heteroatoms. The van der Waals surface area contributed by atoms with Gasteiger partial charge in [-0.15, -0.1) is 0 Å². The van der Waals surface area contributed by atoms with Gasteiger partial charge in [0.05, 0.1) is 5.60 Å². The van der Waals surface area contributed by atoms with Crippen molar-refractivity contribution in [3.05, 3.63) is 35.1 Å². The summed E-state index contributed by atoms with van der Waals surface area (Å²) in [5.41, 5.74) is 0.244. The minimum Gasteiger partial charge on any atom is -0.377 e. The number of hydrogen-bond acceptors (Lipinski definition) is 2. The molecule has 0 bridgehead atoms. The first-order chi connectivity index (χ1) is 8.56. The maximum atomic E-state index is 13.0. The monoisotopic (exact) mass is 259 g/mol. The number of benzene rings is 1. The van der Waals surface area contributed by atoms with E-state index in [1.807, 2.05) is 0 Å². The number of hydrogen-bond donors (Lipinski definition) is 1. The van der Waals surface area contributed by atoms with Gasteiger partial charge in [0.1, 0.15) is 0 Å². The molecule has 0 heterocycles. The normalized spacial score (nSPS) is 17.6. The lowest BCUT2D eigenvalue weighted by molar-refractivity contribution is -0.0695. The van der Waals surface area contributed by atoms with Gasteiger partial charge < -0.3 is 10.1 Å². The number of halogens is 3. The van der Waals surface area contributed by atoms with E-state index >= 15 is 0 Å². The van der Waals surface area contributed by atoms with Crippen molar-refractivity contribution in [2.24, 2.45) is 0 Å². The molecule has 2 rings (SSSR count). The molecule has 0 unspecified atom stereocenters. The lowest BCUT2D eigenvalue weighted by Gasteiger charge is -2.40. The van der Waals surface area contributed by atoms with Crippen LogP contribution in [0.5, 0.6) is 0 Å². The summed E-state index contributed by atoms with van der Waals surface area (Å²) in [4.78, 5) is 0. The van der Waals surface area contributed by atoms with Crippen LogP contribution in [0.25, 0.3) is 0 Å². The quantitative estimate of drug-likeness (QED) is 0.821. The molecule has 1 aliphatic rings. The molecule has 1 aromatic rings. The SMILES string of the molecule is COC1(CNCc2cc(F)c(F)c(F)c2)CCC1. The molecule has 0 amide bonds. The van der Waals surface area contributed by atoms with E-state index < -0.39 is 17.5 Å². The summed E-state index contributed by atoms with van der Waals surface area (Å²) in [6, 6.07) is 2.01. The average Bonchev–Trinajstić information content (AvgIpc) is 2.29. The fraction of sp³-hybridized carbons (Fsp3) is 0.538. The molecule has 1 fully saturated rings. The lowest BCUT2D eigenvalue weighted by atomic mass is 9.80. The molecular weight excluding hydrogens is 243 g/mol. The van der Waals surface area contributed by atoms with Crippen LogP contribution in [0, 0.1) is 17.5 Å². The van der Waals surface area contributed by atoms with Crippen molar-refractivity contribution in [1.29, 1.82) is 0 Å². The first-order valence-electron chi connectivity index (χ1n) is 5.96. The van der Waals surface area contributed by atoms with Crippen molar-refractivity contribution >= 4 is 0 Å². The summed E-state index contributed by atoms with van der Waals surface area (Å²) in [7, 11) is 1.66. The van der Waals surface area contributed by atoms with Crippen molar-refractivity contribution in [2.45, 2.75) is 31.4 Å². The van der Waals surface area contributed by atoms with E-state index in [2.05, 4.69) is 5.32 Å². The Bertz CT molecular complexity index is 404. The van der Waals surface area contributed by atoms with Gasteiger partial charge in [0.15, 0.2) is 17.5 Å². The van der Waals surface area contributed by atoms with E-state index in [1.165, 1.54) is 0 Å². The average molecular weight is 259 g/mol. The van der Waals surface area contributed by atoms with Crippen LogP contribution >= 0.6 is 0 Å². The van der Waals surface area contributed by atoms with E-state index in [1.54, 1.807) is 7.11 Å². The second kappa shape index (κ2) is 5.28. The van der Waals surface area contributed by atoms with Gasteiger partial charge in [-0.2, -0.15) is 0 Å². The molecule has 1 N–H and O–H groups in total. The van der Waals surface area contributed by atoms with E-state index in [-0.39, 0.29) is 5.60 Å². The van der Waals surface area contributed by atoms with Crippen molar-refractivity contribution < 1.29 is 17.9 Å². The third-order valence-corrected chi connectivity index (χ3v) is 3.52. The highest BCUT2D eigenvalue weighted by molar-refractivity contribution is 5.19. The molecule has 0 atom stereocenters. The molecular formula is C13H16F3NO. The Morgan fingerprint density at radius 1 is 1.22 bits per heavy atom. The summed E-state index contributed by atoms with van der Waals surface area (Å²) >= 11 is 0. The molecule has 2 nitrogen and oxygen atoms in total. The predicted molar refractivity (Wildman–Crippen MR) is 61.6 cm³/mol. The van der Waals surface area contributed by atoms with Crippen molar-refractivity contribution in [2.75, 3.05) is 13.7 Å². The first-order valence-corrected chi connectivity index (χ1v) is 5.96. The van der Waals surface area contributed by atoms with E-state index in [0.29, 0.717) is 18.7 Å². The molecule has 0 aliphatic heterocycles. The largest absolute Gasteiger partial charge is 0.377 e. The highest BCUT2D eigenvalue weighted by atomic mass is 19.2. The van der Waals surface area contributed by atoms with Crippen LogP contribution in [0.15, 0.2) is 12.1 Å². The summed E-state index contributed by atoms with van der Waals surface area (Å²) < 4.78 is 44.1. The van der Waals surface area contributed by atoms with Crippen LogP contribution < -0.4 is 5.32 Å². The van der Waals surface area contributed by atoms with Crippen molar-refractivity contribution in [3.63, 3.8) is 0 Å². The second-order valence-electron chi connectivity index (χ2n) is 4.72. The maximum Gasteiger partial charge on any atom is 0.194 e. The Morgan fingerprint density at radius 2 is 1.83 bits per heavy atom. The third kappa shape index (κ3) is 2.67. The van der Waals surface area contributed by atoms with Crippen LogP contribution in [-0.4, -0.2) is 19.3 Å². The highest BCUT2D eigenvalue weighted by Gasteiger charge is 2.36. The van der Waals surface area contributed by atoms with Gasteiger partial charge in [0.2, 0.25) is 0 Å². The lowest BCUT2D eigenvalue weighted by Crippen LogP contribution is -2.47. The molecule has 1 aromatic carbocycles. The third-order valence-electron chi connectivity index (χ3n) is 3.52. The van der Waals surface area contributed by atoms with Gasteiger partial charge in [-0.05, 0) is 37.0 Å². The summed E-state index contributed by atoms with van der Waals surface area (Å²) in [5, 5.41) is 3.09.